The highest BCUT2D eigenvalue weighted by atomic mass is 16.5. The number of unbranched alkanes of at least 4 members (excludes halogenated alkanes) is 8. The van der Waals surface area contributed by atoms with Crippen LogP contribution in [0.5, 0.6) is 0 Å². The Morgan fingerprint density at radius 3 is 1.83 bits per heavy atom. The maximum absolute atomic E-state index is 10.9. The summed E-state index contributed by atoms with van der Waals surface area (Å²) in [5.41, 5.74) is 0. The minimum Gasteiger partial charge on any atom is -0.469 e. The smallest absolute Gasteiger partial charge is 0.305 e. The summed E-state index contributed by atoms with van der Waals surface area (Å²) < 4.78 is 4.59. The lowest BCUT2D eigenvalue weighted by Crippen LogP contribution is -1.97. The molecule has 0 unspecified atom stereocenters. The molecule has 0 radical (unpaired) electrons. The lowest BCUT2D eigenvalue weighted by atomic mass is 10.1. The highest BCUT2D eigenvalue weighted by molar-refractivity contribution is 5.69. The molecule has 0 heterocycles. The topological polar surface area (TPSA) is 26.3 Å². The molecule has 0 saturated heterocycles. The minimum absolute atomic E-state index is 0.143. The second-order valence-corrected chi connectivity index (χ2v) is 5.90. The summed E-state index contributed by atoms with van der Waals surface area (Å²) in [6.07, 6.45) is 27.2. The third-order valence-corrected chi connectivity index (χ3v) is 3.77. The second kappa shape index (κ2) is 18.7. The molecule has 0 atom stereocenters. The van der Waals surface area contributed by atoms with Gasteiger partial charge >= 0.3 is 5.97 Å². The molecule has 0 aliphatic rings. The highest BCUT2D eigenvalue weighted by Crippen LogP contribution is 2.10. The molecule has 0 bridgehead atoms. The van der Waals surface area contributed by atoms with Gasteiger partial charge in [-0.1, -0.05) is 75.5 Å². The number of methoxy groups -OCH3 is 1. The maximum Gasteiger partial charge on any atom is 0.305 e. The molecule has 0 aliphatic carbocycles. The molecule has 0 aliphatic heterocycles. The zero-order valence-corrected chi connectivity index (χ0v) is 15.3. The Labute approximate surface area is 143 Å². The molecule has 0 aromatic heterocycles. The van der Waals surface area contributed by atoms with E-state index in [1.54, 1.807) is 0 Å². The molecule has 2 heteroatoms. The summed E-state index contributed by atoms with van der Waals surface area (Å²) in [6.45, 7) is 2.19. The second-order valence-electron chi connectivity index (χ2n) is 5.90. The van der Waals surface area contributed by atoms with Crippen LogP contribution in [-0.2, 0) is 9.53 Å². The van der Waals surface area contributed by atoms with E-state index in [1.165, 1.54) is 58.5 Å². The Morgan fingerprint density at radius 1 is 0.739 bits per heavy atom. The quantitative estimate of drug-likeness (QED) is 0.148. The average molecular weight is 321 g/mol. The van der Waals surface area contributed by atoms with E-state index in [-0.39, 0.29) is 5.97 Å². The van der Waals surface area contributed by atoms with Gasteiger partial charge in [0.25, 0.3) is 0 Å². The molecule has 0 N–H and O–H groups in total. The lowest BCUT2D eigenvalue weighted by molar-refractivity contribution is -0.140. The van der Waals surface area contributed by atoms with Gasteiger partial charge in [0.2, 0.25) is 0 Å². The van der Waals surface area contributed by atoms with Crippen molar-refractivity contribution in [2.75, 3.05) is 7.11 Å². The SMILES string of the molecule is CC/C=C/CCCCCCCCC/C=C/C=C/CCC(=O)OC. The van der Waals surface area contributed by atoms with E-state index in [0.29, 0.717) is 6.42 Å². The van der Waals surface area contributed by atoms with E-state index >= 15 is 0 Å². The van der Waals surface area contributed by atoms with E-state index < -0.39 is 0 Å². The fraction of sp³-hybridized carbons (Fsp3) is 0.667. The van der Waals surface area contributed by atoms with Crippen LogP contribution in [0.4, 0.5) is 0 Å². The summed E-state index contributed by atoms with van der Waals surface area (Å²) >= 11 is 0. The van der Waals surface area contributed by atoms with Gasteiger partial charge in [-0.2, -0.15) is 0 Å². The third-order valence-electron chi connectivity index (χ3n) is 3.77. The summed E-state index contributed by atoms with van der Waals surface area (Å²) in [6, 6.07) is 0. The van der Waals surface area contributed by atoms with Gasteiger partial charge < -0.3 is 4.74 Å². The first-order valence-electron chi connectivity index (χ1n) is 9.34. The molecule has 0 spiro atoms. The molecule has 0 aromatic carbocycles. The lowest BCUT2D eigenvalue weighted by Gasteiger charge is -2.00. The van der Waals surface area contributed by atoms with Crippen LogP contribution >= 0.6 is 0 Å². The monoisotopic (exact) mass is 320 g/mol. The van der Waals surface area contributed by atoms with Crippen LogP contribution in [-0.4, -0.2) is 13.1 Å². The van der Waals surface area contributed by atoms with E-state index in [1.807, 2.05) is 12.2 Å². The van der Waals surface area contributed by atoms with Crippen molar-refractivity contribution in [2.45, 2.75) is 84.0 Å². The zero-order valence-electron chi connectivity index (χ0n) is 15.3. The number of rotatable bonds is 15. The molecule has 23 heavy (non-hydrogen) atoms. The van der Waals surface area contributed by atoms with Gasteiger partial charge in [0.1, 0.15) is 0 Å². The van der Waals surface area contributed by atoms with Gasteiger partial charge in [-0.15, -0.1) is 0 Å². The first-order valence-corrected chi connectivity index (χ1v) is 9.34. The first kappa shape index (κ1) is 21.7. The van der Waals surface area contributed by atoms with Crippen LogP contribution < -0.4 is 0 Å². The fourth-order valence-corrected chi connectivity index (χ4v) is 2.35. The van der Waals surface area contributed by atoms with Crippen molar-refractivity contribution in [1.29, 1.82) is 0 Å². The van der Waals surface area contributed by atoms with Crippen LogP contribution in [0, 0.1) is 0 Å². The van der Waals surface area contributed by atoms with Crippen LogP contribution in [0.1, 0.15) is 84.0 Å². The van der Waals surface area contributed by atoms with Crippen molar-refractivity contribution in [2.24, 2.45) is 0 Å². The molecule has 132 valence electrons. The van der Waals surface area contributed by atoms with Crippen LogP contribution in [0.2, 0.25) is 0 Å². The van der Waals surface area contributed by atoms with Gasteiger partial charge in [0, 0.05) is 6.42 Å². The van der Waals surface area contributed by atoms with Crippen molar-refractivity contribution < 1.29 is 9.53 Å². The number of carbonyl (C=O) groups excluding carboxylic acids is 1. The van der Waals surface area contributed by atoms with Crippen molar-refractivity contribution in [3.05, 3.63) is 36.5 Å². The Kier molecular flexibility index (Phi) is 17.7. The zero-order chi connectivity index (χ0) is 17.0. The van der Waals surface area contributed by atoms with Crippen molar-refractivity contribution in [3.63, 3.8) is 0 Å². The molecule has 0 saturated carbocycles. The van der Waals surface area contributed by atoms with Gasteiger partial charge in [0.15, 0.2) is 0 Å². The highest BCUT2D eigenvalue weighted by Gasteiger charge is 1.95. The maximum atomic E-state index is 10.9. The van der Waals surface area contributed by atoms with Gasteiger partial charge in [-0.25, -0.2) is 0 Å². The van der Waals surface area contributed by atoms with Crippen molar-refractivity contribution >= 4 is 5.97 Å². The number of hydrogen-bond donors (Lipinski definition) is 0. The summed E-state index contributed by atoms with van der Waals surface area (Å²) in [5.74, 6) is -0.143. The van der Waals surface area contributed by atoms with Crippen LogP contribution in [0.3, 0.4) is 0 Å². The standard InChI is InChI=1S/C21H36O2/c1-3-4-5-6-7-8-9-10-11-12-13-14-15-16-17-18-19-20-21(22)23-2/h4-5,15-18H,3,6-14,19-20H2,1-2H3/b5-4+,16-15+,18-17+. The van der Waals surface area contributed by atoms with E-state index in [0.717, 1.165) is 19.3 Å². The van der Waals surface area contributed by atoms with Crippen molar-refractivity contribution in [1.82, 2.24) is 0 Å². The van der Waals surface area contributed by atoms with E-state index in [9.17, 15) is 4.79 Å². The van der Waals surface area contributed by atoms with Gasteiger partial charge in [0.05, 0.1) is 7.11 Å². The Balaban J connectivity index is 3.23. The normalized spacial score (nSPS) is 11.9. The fourth-order valence-electron chi connectivity index (χ4n) is 2.35. The Bertz CT molecular complexity index is 340. The average Bonchev–Trinajstić information content (AvgIpc) is 2.57. The molecular weight excluding hydrogens is 284 g/mol. The Hall–Kier alpha value is -1.31. The molecule has 0 fully saturated rings. The predicted octanol–water partition coefficient (Wildman–Crippen LogP) is 6.53. The number of ether oxygens (including phenoxy) is 1. The molecule has 0 aromatic rings. The number of hydrogen-bond acceptors (Lipinski definition) is 2. The predicted molar refractivity (Wildman–Crippen MR) is 101 cm³/mol. The molecular formula is C21H36O2. The first-order chi connectivity index (χ1) is 11.3. The van der Waals surface area contributed by atoms with Gasteiger partial charge in [-0.3, -0.25) is 4.79 Å². The molecule has 2 nitrogen and oxygen atoms in total. The van der Waals surface area contributed by atoms with Gasteiger partial charge in [-0.05, 0) is 38.5 Å². The number of allylic oxidation sites excluding steroid dienone is 6. The minimum atomic E-state index is -0.143. The summed E-state index contributed by atoms with van der Waals surface area (Å²) in [7, 11) is 1.43. The van der Waals surface area contributed by atoms with E-state index in [2.05, 4.69) is 36.0 Å². The largest absolute Gasteiger partial charge is 0.469 e. The molecule has 0 amide bonds. The Morgan fingerprint density at radius 2 is 1.26 bits per heavy atom. The third kappa shape index (κ3) is 18.6. The van der Waals surface area contributed by atoms with Crippen LogP contribution in [0.15, 0.2) is 36.5 Å². The number of esters is 1. The summed E-state index contributed by atoms with van der Waals surface area (Å²) in [4.78, 5) is 10.9. The van der Waals surface area contributed by atoms with Crippen LogP contribution in [0.25, 0.3) is 0 Å². The molecule has 0 rings (SSSR count). The number of carbonyl (C=O) groups is 1. The summed E-state index contributed by atoms with van der Waals surface area (Å²) in [5, 5.41) is 0. The van der Waals surface area contributed by atoms with Crippen molar-refractivity contribution in [3.8, 4) is 0 Å². The van der Waals surface area contributed by atoms with E-state index in [4.69, 9.17) is 0 Å².